The molecule has 0 spiro atoms. The summed E-state index contributed by atoms with van der Waals surface area (Å²) in [5.74, 6) is -4.62. The number of nitrogens with zero attached hydrogens (tertiary/aromatic N) is 9. The molecular formula is C69H75F6N15O9. The van der Waals surface area contributed by atoms with Crippen LogP contribution >= 0.6 is 0 Å². The van der Waals surface area contributed by atoms with E-state index >= 15 is 0 Å². The van der Waals surface area contributed by atoms with Gasteiger partial charge in [-0.05, 0) is 93.6 Å². The number of ether oxygens (including phenoxy) is 3. The molecule has 3 unspecified atom stereocenters. The highest BCUT2D eigenvalue weighted by atomic mass is 19.2. The molecular weight excluding hydrogens is 1300 g/mol. The van der Waals surface area contributed by atoms with E-state index in [1.165, 1.54) is 18.2 Å². The summed E-state index contributed by atoms with van der Waals surface area (Å²) in [5.41, 5.74) is 7.64. The van der Waals surface area contributed by atoms with E-state index in [1.54, 1.807) is 55.0 Å². The number of amides is 3. The lowest BCUT2D eigenvalue weighted by Crippen LogP contribution is -2.36. The van der Waals surface area contributed by atoms with Crippen molar-refractivity contribution in [3.63, 3.8) is 0 Å². The van der Waals surface area contributed by atoms with E-state index < -0.39 is 53.0 Å². The van der Waals surface area contributed by atoms with Gasteiger partial charge in [0.25, 0.3) is 17.7 Å². The number of nitrogens with one attached hydrogen (secondary N) is 6. The largest absolute Gasteiger partial charge is 0.395 e. The molecule has 3 saturated heterocycles. The summed E-state index contributed by atoms with van der Waals surface area (Å²) in [5, 5.41) is 44.4. The molecule has 0 saturated carbocycles. The van der Waals surface area contributed by atoms with Crippen LogP contribution in [0.5, 0.6) is 0 Å². The van der Waals surface area contributed by atoms with E-state index in [4.69, 9.17) is 44.5 Å². The summed E-state index contributed by atoms with van der Waals surface area (Å²) in [6.07, 6.45) is 5.00. The minimum absolute atomic E-state index is 0.122. The molecule has 3 amide bonds. The van der Waals surface area contributed by atoms with Gasteiger partial charge in [0, 0.05) is 128 Å². The first kappa shape index (κ1) is 71.7. The molecule has 0 radical (unpaired) electrons. The summed E-state index contributed by atoms with van der Waals surface area (Å²) in [6.45, 7) is 13.1. The second kappa shape index (κ2) is 33.9. The fourth-order valence-electron chi connectivity index (χ4n) is 11.2. The van der Waals surface area contributed by atoms with Crippen molar-refractivity contribution >= 4 is 85.3 Å². The molecule has 12 rings (SSSR count). The second-order valence-electron chi connectivity index (χ2n) is 23.2. The van der Waals surface area contributed by atoms with Crippen LogP contribution in [0.2, 0.25) is 0 Å². The molecule has 3 fully saturated rings. The van der Waals surface area contributed by atoms with Crippen LogP contribution in [0.3, 0.4) is 0 Å². The van der Waals surface area contributed by atoms with E-state index in [1.807, 2.05) is 20.8 Å². The first-order valence-corrected chi connectivity index (χ1v) is 32.1. The topological polar surface area (TPSA) is 299 Å². The number of benzene rings is 6. The zero-order valence-electron chi connectivity index (χ0n) is 54.4. The SMILES string of the molecule is CC(Nc1ccc(F)c(F)c1)c1cc(C(=O)NCCO)cc2ncc(N3CCOCC3)nc12.CC(Nc1ccc(F)c(F)c1)c1cc(C(=O)NCCO)cc2ncc(N3CCOCC3)nc12.CC(Nc1ccc(F)c(F)c1)c1cc(C(=O)NCCO)cc2ncc(N3CCOCC3)nc12. The van der Waals surface area contributed by atoms with Gasteiger partial charge in [0.15, 0.2) is 34.9 Å². The fraction of sp³-hybridized carbons (Fsp3) is 0.348. The smallest absolute Gasteiger partial charge is 0.251 e. The molecule has 3 aliphatic rings. The number of hydrogen-bond acceptors (Lipinski definition) is 21. The average Bonchev–Trinajstić information content (AvgIpc) is 0.792. The normalized spacial score (nSPS) is 14.8. The second-order valence-corrected chi connectivity index (χ2v) is 23.2. The Morgan fingerprint density at radius 1 is 0.404 bits per heavy atom. The van der Waals surface area contributed by atoms with Crippen LogP contribution in [0, 0.1) is 34.9 Å². The summed E-state index contributed by atoms with van der Waals surface area (Å²) >= 11 is 0. The number of morpholine rings is 3. The monoisotopic (exact) mass is 1370 g/mol. The lowest BCUT2D eigenvalue weighted by Gasteiger charge is -2.28. The predicted molar refractivity (Wildman–Crippen MR) is 361 cm³/mol. The van der Waals surface area contributed by atoms with E-state index in [-0.39, 0.29) is 57.2 Å². The Hall–Kier alpha value is -10.1. The van der Waals surface area contributed by atoms with Gasteiger partial charge in [0.1, 0.15) is 17.5 Å². The quantitative estimate of drug-likeness (QED) is 0.0309. The van der Waals surface area contributed by atoms with Gasteiger partial charge in [-0.25, -0.2) is 41.3 Å². The van der Waals surface area contributed by atoms with Gasteiger partial charge >= 0.3 is 0 Å². The minimum Gasteiger partial charge on any atom is -0.395 e. The van der Waals surface area contributed by atoms with Gasteiger partial charge in [-0.1, -0.05) is 0 Å². The first-order chi connectivity index (χ1) is 47.9. The maximum absolute atomic E-state index is 13.7. The molecule has 0 aliphatic carbocycles. The van der Waals surface area contributed by atoms with E-state index in [0.717, 1.165) is 36.4 Å². The molecule has 3 atom stereocenters. The number of anilines is 6. The van der Waals surface area contributed by atoms with Crippen LogP contribution in [-0.4, -0.2) is 181 Å². The summed E-state index contributed by atoms with van der Waals surface area (Å²) in [6, 6.07) is 19.5. The van der Waals surface area contributed by atoms with Crippen molar-refractivity contribution in [2.24, 2.45) is 0 Å². The van der Waals surface area contributed by atoms with Crippen molar-refractivity contribution in [3.8, 4) is 0 Å². The average molecular weight is 1370 g/mol. The lowest BCUT2D eigenvalue weighted by molar-refractivity contribution is 0.0937. The highest BCUT2D eigenvalue weighted by Crippen LogP contribution is 2.33. The number of hydrogen-bond donors (Lipinski definition) is 9. The number of carbonyl (C=O) groups excluding carboxylic acids is 3. The van der Waals surface area contributed by atoms with Crippen LogP contribution < -0.4 is 46.6 Å². The Labute approximate surface area is 565 Å². The van der Waals surface area contributed by atoms with E-state index in [2.05, 4.69) is 61.6 Å². The molecule has 30 heteroatoms. The van der Waals surface area contributed by atoms with Crippen molar-refractivity contribution in [2.75, 3.05) is 149 Å². The summed E-state index contributed by atoms with van der Waals surface area (Å²) in [4.78, 5) is 72.0. The molecule has 99 heavy (non-hydrogen) atoms. The standard InChI is InChI=1S/3C23H25F2N5O3/c3*1-14(28-16-2-3-18(24)19(25)12-16)17-10-15(23(32)26-4-7-31)11-20-22(17)29-21(13-27-20)30-5-8-33-9-6-30/h3*2-3,10-14,28,31H,4-9H2,1H3,(H,26,32). The Balaban J connectivity index is 0.000000161. The summed E-state index contributed by atoms with van der Waals surface area (Å²) in [7, 11) is 0. The van der Waals surface area contributed by atoms with Crippen molar-refractivity contribution in [3.05, 3.63) is 178 Å². The maximum Gasteiger partial charge on any atom is 0.251 e. The number of halogens is 6. The Bertz CT molecular complexity index is 3890. The molecule has 3 aromatic heterocycles. The highest BCUT2D eigenvalue weighted by Gasteiger charge is 2.25. The Kier molecular flexibility index (Phi) is 24.5. The molecule has 3 aliphatic heterocycles. The van der Waals surface area contributed by atoms with Crippen molar-refractivity contribution < 1.29 is 70.3 Å². The minimum atomic E-state index is -0.955. The number of rotatable bonds is 21. The van der Waals surface area contributed by atoms with Crippen molar-refractivity contribution in [2.45, 2.75) is 38.9 Å². The number of aliphatic hydroxyl groups is 3. The van der Waals surface area contributed by atoms with Crippen LogP contribution in [0.4, 0.5) is 60.9 Å². The molecule has 0 bridgehead atoms. The zero-order valence-corrected chi connectivity index (χ0v) is 54.4. The van der Waals surface area contributed by atoms with Gasteiger partial charge < -0.3 is 76.1 Å². The van der Waals surface area contributed by atoms with E-state index in [9.17, 15) is 40.7 Å². The van der Waals surface area contributed by atoms with Crippen LogP contribution in [-0.2, 0) is 14.2 Å². The molecule has 6 heterocycles. The molecule has 6 aromatic carbocycles. The molecule has 522 valence electrons. The molecule has 9 N–H and O–H groups in total. The van der Waals surface area contributed by atoms with Crippen LogP contribution in [0.1, 0.15) is 86.7 Å². The third-order valence-electron chi connectivity index (χ3n) is 16.3. The summed E-state index contributed by atoms with van der Waals surface area (Å²) < 4.78 is 97.4. The van der Waals surface area contributed by atoms with Gasteiger partial charge in [-0.3, -0.25) is 29.3 Å². The van der Waals surface area contributed by atoms with Crippen LogP contribution in [0.15, 0.2) is 110 Å². The Morgan fingerprint density at radius 3 is 0.909 bits per heavy atom. The number of aromatic nitrogens is 6. The molecule has 9 aromatic rings. The van der Waals surface area contributed by atoms with Crippen molar-refractivity contribution in [1.82, 2.24) is 45.9 Å². The molecule has 24 nitrogen and oxygen atoms in total. The predicted octanol–water partition coefficient (Wildman–Crippen LogP) is 7.92. The van der Waals surface area contributed by atoms with Crippen molar-refractivity contribution in [1.29, 1.82) is 0 Å². The fourth-order valence-corrected chi connectivity index (χ4v) is 11.2. The highest BCUT2D eigenvalue weighted by molar-refractivity contribution is 6.00. The first-order valence-electron chi connectivity index (χ1n) is 32.1. The van der Waals surface area contributed by atoms with Gasteiger partial charge in [-0.2, -0.15) is 0 Å². The zero-order chi connectivity index (χ0) is 70.1. The number of fused-ring (bicyclic) bond motifs is 3. The third kappa shape index (κ3) is 18.4. The van der Waals surface area contributed by atoms with E-state index in [0.29, 0.717) is 180 Å². The van der Waals surface area contributed by atoms with Gasteiger partial charge in [-0.15, -0.1) is 0 Å². The number of aliphatic hydroxyl groups excluding tert-OH is 3. The maximum atomic E-state index is 13.7. The Morgan fingerprint density at radius 2 is 0.667 bits per heavy atom. The third-order valence-corrected chi connectivity index (χ3v) is 16.3. The van der Waals surface area contributed by atoms with Gasteiger partial charge in [0.2, 0.25) is 0 Å². The van der Waals surface area contributed by atoms with Crippen LogP contribution in [0.25, 0.3) is 33.1 Å². The van der Waals surface area contributed by atoms with Gasteiger partial charge in [0.05, 0.1) is 129 Å². The lowest BCUT2D eigenvalue weighted by atomic mass is 10.0. The number of carbonyl (C=O) groups is 3.